The lowest BCUT2D eigenvalue weighted by atomic mass is 10.0. The fourth-order valence-corrected chi connectivity index (χ4v) is 2.22. The van der Waals surface area contributed by atoms with Crippen molar-refractivity contribution in [1.82, 2.24) is 0 Å². The molecule has 0 saturated heterocycles. The number of hydrogen-bond donors (Lipinski definition) is 1. The lowest BCUT2D eigenvalue weighted by Gasteiger charge is -2.28. The highest BCUT2D eigenvalue weighted by molar-refractivity contribution is 7.80. The normalized spacial score (nSPS) is 14.2. The molecule has 1 N–H and O–H groups in total. The van der Waals surface area contributed by atoms with Crippen LogP contribution in [-0.4, -0.2) is 12.2 Å². The van der Waals surface area contributed by atoms with Crippen LogP contribution in [0.25, 0.3) is 10.8 Å². The summed E-state index contributed by atoms with van der Waals surface area (Å²) in [5.74, 6) is 0. The lowest BCUT2D eigenvalue weighted by Crippen LogP contribution is -2.33. The molecular weight excluding hydrogens is 204 g/mol. The molecule has 2 aromatic carbocycles. The van der Waals surface area contributed by atoms with Gasteiger partial charge in [-0.3, -0.25) is 0 Å². The predicted octanol–water partition coefficient (Wildman–Crippen LogP) is 2.99. The topological polar surface area (TPSA) is 15.3 Å². The Morgan fingerprint density at radius 3 is 2.67 bits per heavy atom. The second kappa shape index (κ2) is 2.94. The largest absolute Gasteiger partial charge is 0.332 e. The maximum absolute atomic E-state index is 5.27. The number of nitrogens with zero attached hydrogens (tertiary/aromatic N) is 1. The first kappa shape index (κ1) is 8.68. The molecule has 2 nitrogen and oxygen atoms in total. The van der Waals surface area contributed by atoms with Gasteiger partial charge in [0.1, 0.15) is 0 Å². The van der Waals surface area contributed by atoms with Crippen LogP contribution in [0, 0.1) is 0 Å². The zero-order valence-electron chi connectivity index (χ0n) is 8.32. The third-order valence-electron chi connectivity index (χ3n) is 2.79. The molecule has 0 bridgehead atoms. The summed E-state index contributed by atoms with van der Waals surface area (Å²) in [6.45, 7) is 0. The molecule has 0 aliphatic carbocycles. The number of thiocarbonyl (C=S) groups is 1. The summed E-state index contributed by atoms with van der Waals surface area (Å²) in [6.07, 6.45) is 0. The van der Waals surface area contributed by atoms with Crippen LogP contribution < -0.4 is 10.2 Å². The van der Waals surface area contributed by atoms with E-state index in [1.54, 1.807) is 0 Å². The first-order valence-electron chi connectivity index (χ1n) is 4.84. The minimum absolute atomic E-state index is 0.751. The van der Waals surface area contributed by atoms with Crippen LogP contribution in [-0.2, 0) is 0 Å². The van der Waals surface area contributed by atoms with E-state index >= 15 is 0 Å². The molecule has 3 heteroatoms. The molecule has 2 aromatic rings. The molecule has 1 aliphatic heterocycles. The minimum atomic E-state index is 0.751. The van der Waals surface area contributed by atoms with E-state index in [4.69, 9.17) is 12.2 Å². The van der Waals surface area contributed by atoms with Gasteiger partial charge in [-0.15, -0.1) is 0 Å². The van der Waals surface area contributed by atoms with E-state index < -0.39 is 0 Å². The van der Waals surface area contributed by atoms with Gasteiger partial charge in [-0.2, -0.15) is 0 Å². The molecule has 0 fully saturated rings. The zero-order valence-corrected chi connectivity index (χ0v) is 9.14. The number of rotatable bonds is 0. The molecule has 3 rings (SSSR count). The van der Waals surface area contributed by atoms with E-state index in [-0.39, 0.29) is 0 Å². The van der Waals surface area contributed by atoms with Gasteiger partial charge in [-0.1, -0.05) is 24.3 Å². The molecular formula is C12H10N2S. The molecule has 15 heavy (non-hydrogen) atoms. The molecule has 74 valence electrons. The highest BCUT2D eigenvalue weighted by atomic mass is 32.1. The van der Waals surface area contributed by atoms with Crippen LogP contribution in [0.3, 0.4) is 0 Å². The van der Waals surface area contributed by atoms with Gasteiger partial charge < -0.3 is 10.2 Å². The molecule has 0 spiro atoms. The molecule has 0 unspecified atom stereocenters. The third-order valence-corrected chi connectivity index (χ3v) is 3.17. The van der Waals surface area contributed by atoms with E-state index in [0.717, 1.165) is 10.8 Å². The summed E-state index contributed by atoms with van der Waals surface area (Å²) < 4.78 is 0. The van der Waals surface area contributed by atoms with E-state index in [9.17, 15) is 0 Å². The van der Waals surface area contributed by atoms with Crippen molar-refractivity contribution in [2.75, 3.05) is 17.3 Å². The Morgan fingerprint density at radius 1 is 1.13 bits per heavy atom. The Labute approximate surface area is 93.5 Å². The second-order valence-electron chi connectivity index (χ2n) is 3.67. The molecule has 0 amide bonds. The quantitative estimate of drug-likeness (QED) is 0.679. The summed E-state index contributed by atoms with van der Waals surface area (Å²) in [6, 6.07) is 12.5. The Bertz CT molecular complexity index is 557. The molecule has 1 heterocycles. The summed E-state index contributed by atoms with van der Waals surface area (Å²) in [7, 11) is 1.99. The van der Waals surface area contributed by atoms with Crippen LogP contribution in [0.2, 0.25) is 0 Å². The minimum Gasteiger partial charge on any atom is -0.332 e. The summed E-state index contributed by atoms with van der Waals surface area (Å²) in [5.41, 5.74) is 2.28. The average molecular weight is 214 g/mol. The number of anilines is 2. The fraction of sp³-hybridized carbons (Fsp3) is 0.0833. The highest BCUT2D eigenvalue weighted by Crippen LogP contribution is 2.35. The van der Waals surface area contributed by atoms with Crippen molar-refractivity contribution in [3.63, 3.8) is 0 Å². The Morgan fingerprint density at radius 2 is 1.87 bits per heavy atom. The Balaban J connectivity index is 2.46. The van der Waals surface area contributed by atoms with Crippen LogP contribution in [0.1, 0.15) is 0 Å². The predicted molar refractivity (Wildman–Crippen MR) is 68.6 cm³/mol. The number of hydrogen-bond acceptors (Lipinski definition) is 1. The van der Waals surface area contributed by atoms with E-state index in [2.05, 4.69) is 35.6 Å². The van der Waals surface area contributed by atoms with Crippen LogP contribution >= 0.6 is 12.2 Å². The van der Waals surface area contributed by atoms with E-state index in [0.29, 0.717) is 0 Å². The number of nitrogens with one attached hydrogen (secondary N) is 1. The van der Waals surface area contributed by atoms with Crippen molar-refractivity contribution in [2.45, 2.75) is 0 Å². The molecule has 0 saturated carbocycles. The Kier molecular flexibility index (Phi) is 1.70. The van der Waals surface area contributed by atoms with Crippen molar-refractivity contribution in [2.24, 2.45) is 0 Å². The van der Waals surface area contributed by atoms with Gasteiger partial charge in [0, 0.05) is 12.4 Å². The van der Waals surface area contributed by atoms with Crippen molar-refractivity contribution < 1.29 is 0 Å². The first-order valence-corrected chi connectivity index (χ1v) is 5.24. The molecule has 0 aromatic heterocycles. The monoisotopic (exact) mass is 214 g/mol. The van der Waals surface area contributed by atoms with Crippen molar-refractivity contribution >= 4 is 39.5 Å². The lowest BCUT2D eigenvalue weighted by molar-refractivity contribution is 1.28. The van der Waals surface area contributed by atoms with Crippen LogP contribution in [0.15, 0.2) is 36.4 Å². The highest BCUT2D eigenvalue weighted by Gasteiger charge is 2.18. The molecule has 1 aliphatic rings. The van der Waals surface area contributed by atoms with Gasteiger partial charge in [0.25, 0.3) is 0 Å². The molecule has 0 radical (unpaired) electrons. The van der Waals surface area contributed by atoms with Crippen molar-refractivity contribution in [3.05, 3.63) is 36.4 Å². The van der Waals surface area contributed by atoms with Crippen molar-refractivity contribution in [1.29, 1.82) is 0 Å². The second-order valence-corrected chi connectivity index (χ2v) is 4.06. The van der Waals surface area contributed by atoms with Gasteiger partial charge >= 0.3 is 0 Å². The van der Waals surface area contributed by atoms with Gasteiger partial charge in [-0.05, 0) is 29.7 Å². The zero-order chi connectivity index (χ0) is 10.4. The average Bonchev–Trinajstić information content (AvgIpc) is 2.26. The standard InChI is InChI=1S/C12H10N2S/c1-14-10-7-3-5-8-4-2-6-9(11(8)10)13-12(14)15/h2-7H,1H3,(H,13,15). The Hall–Kier alpha value is -1.61. The van der Waals surface area contributed by atoms with Gasteiger partial charge in [-0.25, -0.2) is 0 Å². The van der Waals surface area contributed by atoms with E-state index in [1.807, 2.05) is 18.0 Å². The maximum atomic E-state index is 5.27. The maximum Gasteiger partial charge on any atom is 0.177 e. The van der Waals surface area contributed by atoms with Gasteiger partial charge in [0.05, 0.1) is 11.4 Å². The summed E-state index contributed by atoms with van der Waals surface area (Å²) in [4.78, 5) is 2.00. The van der Waals surface area contributed by atoms with Gasteiger partial charge in [0.2, 0.25) is 0 Å². The van der Waals surface area contributed by atoms with Crippen molar-refractivity contribution in [3.8, 4) is 0 Å². The summed E-state index contributed by atoms with van der Waals surface area (Å²) in [5, 5.41) is 6.47. The van der Waals surface area contributed by atoms with Crippen LogP contribution in [0.4, 0.5) is 11.4 Å². The molecule has 0 atom stereocenters. The van der Waals surface area contributed by atoms with E-state index in [1.165, 1.54) is 16.5 Å². The summed E-state index contributed by atoms with van der Waals surface area (Å²) >= 11 is 5.27. The fourth-order valence-electron chi connectivity index (χ4n) is 2.01. The van der Waals surface area contributed by atoms with Gasteiger partial charge in [0.15, 0.2) is 5.11 Å². The smallest absolute Gasteiger partial charge is 0.177 e. The number of benzene rings is 2. The SMILES string of the molecule is CN1C(=S)Nc2cccc3cccc1c23. The third kappa shape index (κ3) is 1.13. The first-order chi connectivity index (χ1) is 7.27. The van der Waals surface area contributed by atoms with Crippen LogP contribution in [0.5, 0.6) is 0 Å².